The van der Waals surface area contributed by atoms with E-state index in [0.717, 1.165) is 11.1 Å². The van der Waals surface area contributed by atoms with Crippen LogP contribution < -0.4 is 4.74 Å². The third-order valence-electron chi connectivity index (χ3n) is 5.48. The monoisotopic (exact) mass is 440 g/mol. The molecule has 2 heterocycles. The highest BCUT2D eigenvalue weighted by Gasteiger charge is 2.46. The van der Waals surface area contributed by atoms with Crippen LogP contribution in [0.1, 0.15) is 28.3 Å². The first-order chi connectivity index (χ1) is 16.0. The van der Waals surface area contributed by atoms with E-state index < -0.39 is 17.7 Å². The molecule has 0 aliphatic carbocycles. The van der Waals surface area contributed by atoms with Gasteiger partial charge in [-0.1, -0.05) is 60.7 Å². The van der Waals surface area contributed by atoms with Crippen molar-refractivity contribution in [3.05, 3.63) is 114 Å². The molecule has 1 fully saturated rings. The number of hydrogen-bond acceptors (Lipinski definition) is 5. The minimum Gasteiger partial charge on any atom is -0.507 e. The van der Waals surface area contributed by atoms with Gasteiger partial charge in [-0.15, -0.1) is 0 Å². The highest BCUT2D eigenvalue weighted by Crippen LogP contribution is 2.41. The molecule has 3 aromatic rings. The maximum atomic E-state index is 13.2. The van der Waals surface area contributed by atoms with E-state index >= 15 is 0 Å². The molecule has 2 aromatic carbocycles. The summed E-state index contributed by atoms with van der Waals surface area (Å²) in [6, 6.07) is 17.2. The van der Waals surface area contributed by atoms with Crippen molar-refractivity contribution in [3.8, 4) is 5.75 Å². The van der Waals surface area contributed by atoms with Crippen LogP contribution in [0.25, 0.3) is 5.76 Å². The number of carbonyl (C=O) groups excluding carboxylic acids is 2. The summed E-state index contributed by atoms with van der Waals surface area (Å²) in [5.41, 5.74) is 2.98. The Morgan fingerprint density at radius 3 is 2.64 bits per heavy atom. The Bertz CT molecular complexity index is 1220. The van der Waals surface area contributed by atoms with Gasteiger partial charge in [0.25, 0.3) is 11.7 Å². The first-order valence-corrected chi connectivity index (χ1v) is 10.6. The van der Waals surface area contributed by atoms with Gasteiger partial charge in [-0.25, -0.2) is 0 Å². The van der Waals surface area contributed by atoms with Crippen LogP contribution in [0.3, 0.4) is 0 Å². The number of carbonyl (C=O) groups is 2. The number of pyridine rings is 1. The van der Waals surface area contributed by atoms with Gasteiger partial charge in [0, 0.05) is 24.5 Å². The first-order valence-electron chi connectivity index (χ1n) is 10.6. The Hall–Kier alpha value is -4.19. The standard InChI is InChI=1S/C27H24N2O4/c1-3-14-33-22-8-4-7-21(15-22)24-23(25(30)20-11-9-18(2)10-12-20)26(31)27(32)29(24)17-19-6-5-13-28-16-19/h3-13,15-16,24,30H,1,14,17H2,2H3/b25-23-. The molecule has 6 nitrogen and oxygen atoms in total. The number of nitrogens with zero attached hydrogens (tertiary/aromatic N) is 2. The van der Waals surface area contributed by atoms with Gasteiger partial charge < -0.3 is 14.7 Å². The molecule has 0 radical (unpaired) electrons. The highest BCUT2D eigenvalue weighted by atomic mass is 16.5. The Labute approximate surface area is 192 Å². The molecule has 1 aliphatic heterocycles. The van der Waals surface area contributed by atoms with Gasteiger partial charge in [0.2, 0.25) is 0 Å². The molecule has 1 N–H and O–H groups in total. The molecule has 1 amide bonds. The number of aliphatic hydroxyl groups excluding tert-OH is 1. The van der Waals surface area contributed by atoms with Gasteiger partial charge in [0.05, 0.1) is 11.6 Å². The predicted molar refractivity (Wildman–Crippen MR) is 125 cm³/mol. The fraction of sp³-hybridized carbons (Fsp3) is 0.148. The third kappa shape index (κ3) is 4.55. The van der Waals surface area contributed by atoms with Crippen molar-refractivity contribution >= 4 is 17.4 Å². The zero-order valence-electron chi connectivity index (χ0n) is 18.3. The van der Waals surface area contributed by atoms with E-state index in [1.807, 2.05) is 31.2 Å². The van der Waals surface area contributed by atoms with E-state index in [4.69, 9.17) is 4.74 Å². The van der Waals surface area contributed by atoms with E-state index in [9.17, 15) is 14.7 Å². The number of ether oxygens (including phenoxy) is 1. The number of rotatable bonds is 7. The summed E-state index contributed by atoms with van der Waals surface area (Å²) in [7, 11) is 0. The fourth-order valence-corrected chi connectivity index (χ4v) is 3.87. The van der Waals surface area contributed by atoms with Gasteiger partial charge in [-0.2, -0.15) is 0 Å². The summed E-state index contributed by atoms with van der Waals surface area (Å²) in [6.07, 6.45) is 4.94. The number of aliphatic hydroxyl groups is 1. The number of hydrogen-bond donors (Lipinski definition) is 1. The third-order valence-corrected chi connectivity index (χ3v) is 5.48. The molecule has 1 aromatic heterocycles. The molecule has 1 unspecified atom stereocenters. The van der Waals surface area contributed by atoms with Crippen LogP contribution in [-0.2, 0) is 16.1 Å². The average Bonchev–Trinajstić information content (AvgIpc) is 3.08. The molecule has 0 bridgehead atoms. The van der Waals surface area contributed by atoms with Crippen molar-refractivity contribution in [3.63, 3.8) is 0 Å². The van der Waals surface area contributed by atoms with Gasteiger partial charge in [-0.3, -0.25) is 14.6 Å². The average molecular weight is 440 g/mol. The largest absolute Gasteiger partial charge is 0.507 e. The summed E-state index contributed by atoms with van der Waals surface area (Å²) in [5, 5.41) is 11.1. The summed E-state index contributed by atoms with van der Waals surface area (Å²) in [6.45, 7) is 6.09. The zero-order valence-corrected chi connectivity index (χ0v) is 18.3. The molecule has 1 saturated heterocycles. The van der Waals surface area contributed by atoms with Crippen molar-refractivity contribution in [1.29, 1.82) is 0 Å². The van der Waals surface area contributed by atoms with Crippen LogP contribution in [0.5, 0.6) is 5.75 Å². The fourth-order valence-electron chi connectivity index (χ4n) is 3.87. The number of amides is 1. The van der Waals surface area contributed by atoms with Crippen LogP contribution in [-0.4, -0.2) is 33.3 Å². The number of aromatic nitrogens is 1. The van der Waals surface area contributed by atoms with E-state index in [-0.39, 0.29) is 17.9 Å². The predicted octanol–water partition coefficient (Wildman–Crippen LogP) is 4.58. The smallest absolute Gasteiger partial charge is 0.295 e. The van der Waals surface area contributed by atoms with Crippen LogP contribution in [0.15, 0.2) is 91.3 Å². The number of Topliss-reactive ketones (excluding diaryl/α,β-unsaturated/α-hetero) is 1. The maximum absolute atomic E-state index is 13.2. The second kappa shape index (κ2) is 9.53. The second-order valence-electron chi connectivity index (χ2n) is 7.83. The van der Waals surface area contributed by atoms with Crippen molar-refractivity contribution in [2.24, 2.45) is 0 Å². The minimum atomic E-state index is -0.779. The topological polar surface area (TPSA) is 79.7 Å². The van der Waals surface area contributed by atoms with E-state index in [2.05, 4.69) is 11.6 Å². The van der Waals surface area contributed by atoms with Crippen LogP contribution in [0.4, 0.5) is 0 Å². The lowest BCUT2D eigenvalue weighted by Crippen LogP contribution is -2.29. The Kier molecular flexibility index (Phi) is 6.36. The second-order valence-corrected chi connectivity index (χ2v) is 7.83. The highest BCUT2D eigenvalue weighted by molar-refractivity contribution is 6.46. The van der Waals surface area contributed by atoms with Crippen LogP contribution >= 0.6 is 0 Å². The minimum absolute atomic E-state index is 0.0496. The van der Waals surface area contributed by atoms with Crippen molar-refractivity contribution < 1.29 is 19.4 Å². The Balaban J connectivity index is 1.84. The Morgan fingerprint density at radius 2 is 1.94 bits per heavy atom. The van der Waals surface area contributed by atoms with Gasteiger partial charge >= 0.3 is 0 Å². The number of ketones is 1. The number of aryl methyl sites for hydroxylation is 1. The quantitative estimate of drug-likeness (QED) is 0.252. The number of benzene rings is 2. The number of likely N-dealkylation sites (tertiary alicyclic amines) is 1. The normalized spacial score (nSPS) is 17.2. The van der Waals surface area contributed by atoms with Gasteiger partial charge in [0.15, 0.2) is 0 Å². The zero-order chi connectivity index (χ0) is 23.4. The molecule has 6 heteroatoms. The van der Waals surface area contributed by atoms with Crippen molar-refractivity contribution in [2.45, 2.75) is 19.5 Å². The van der Waals surface area contributed by atoms with E-state index in [0.29, 0.717) is 23.5 Å². The van der Waals surface area contributed by atoms with Gasteiger partial charge in [0.1, 0.15) is 18.1 Å². The van der Waals surface area contributed by atoms with Crippen LogP contribution in [0, 0.1) is 6.92 Å². The summed E-state index contributed by atoms with van der Waals surface area (Å²) in [4.78, 5) is 31.9. The molecular formula is C27H24N2O4. The van der Waals surface area contributed by atoms with E-state index in [1.54, 1.807) is 54.9 Å². The summed E-state index contributed by atoms with van der Waals surface area (Å²) < 4.78 is 5.66. The molecule has 0 saturated carbocycles. The van der Waals surface area contributed by atoms with E-state index in [1.165, 1.54) is 4.90 Å². The molecule has 1 atom stereocenters. The SMILES string of the molecule is C=CCOc1cccc(C2/C(=C(/O)c3ccc(C)cc3)C(=O)C(=O)N2Cc2cccnc2)c1. The molecule has 166 valence electrons. The molecular weight excluding hydrogens is 416 g/mol. The van der Waals surface area contributed by atoms with Crippen molar-refractivity contribution in [1.82, 2.24) is 9.88 Å². The lowest BCUT2D eigenvalue weighted by atomic mass is 9.94. The summed E-state index contributed by atoms with van der Waals surface area (Å²) in [5.74, 6) is -1.02. The maximum Gasteiger partial charge on any atom is 0.295 e. The van der Waals surface area contributed by atoms with Gasteiger partial charge in [-0.05, 0) is 36.2 Å². The van der Waals surface area contributed by atoms with Crippen molar-refractivity contribution in [2.75, 3.05) is 6.61 Å². The lowest BCUT2D eigenvalue weighted by molar-refractivity contribution is -0.140. The first kappa shape index (κ1) is 22.0. The Morgan fingerprint density at radius 1 is 1.15 bits per heavy atom. The summed E-state index contributed by atoms with van der Waals surface area (Å²) >= 11 is 0. The molecule has 0 spiro atoms. The molecule has 1 aliphatic rings. The molecule has 4 rings (SSSR count). The van der Waals surface area contributed by atoms with Crippen LogP contribution in [0.2, 0.25) is 0 Å². The molecule has 33 heavy (non-hydrogen) atoms. The lowest BCUT2D eigenvalue weighted by Gasteiger charge is -2.25.